The van der Waals surface area contributed by atoms with Crippen LogP contribution in [0.4, 0.5) is 0 Å². The Morgan fingerprint density at radius 1 is 1.43 bits per heavy atom. The second-order valence-corrected chi connectivity index (χ2v) is 9.42. The lowest BCUT2D eigenvalue weighted by molar-refractivity contribution is -0.119. The summed E-state index contributed by atoms with van der Waals surface area (Å²) >= 11 is 2.97. The summed E-state index contributed by atoms with van der Waals surface area (Å²) in [5.74, 6) is 0.250. The van der Waals surface area contributed by atoms with Crippen molar-refractivity contribution in [2.45, 2.75) is 76.5 Å². The van der Waals surface area contributed by atoms with Crippen LogP contribution in [0.5, 0.6) is 0 Å². The van der Waals surface area contributed by atoms with Crippen molar-refractivity contribution in [2.75, 3.05) is 5.75 Å². The maximum atomic E-state index is 13.1. The van der Waals surface area contributed by atoms with E-state index in [1.54, 1.807) is 22.0 Å². The van der Waals surface area contributed by atoms with Gasteiger partial charge in [-0.05, 0) is 38.2 Å². The van der Waals surface area contributed by atoms with E-state index in [9.17, 15) is 9.59 Å². The number of carbonyl (C=O) groups is 1. The molecule has 1 aliphatic carbocycles. The highest BCUT2D eigenvalue weighted by atomic mass is 32.2. The molecule has 0 aromatic carbocycles. The van der Waals surface area contributed by atoms with Crippen molar-refractivity contribution in [2.24, 2.45) is 0 Å². The number of rotatable bonds is 10. The molecule has 1 amide bonds. The standard InChI is InChI=1S/C21H29N3O2S2/c1-4-6-7-9-14(3)22-17(25)13-27-21-23-19-18(20(26)24(21)12-5-2)15-10-8-11-16(15)28-19/h5,14H,2,4,6-13H2,1,3H3,(H,22,25)/t14-/m0/s1. The molecule has 28 heavy (non-hydrogen) atoms. The molecule has 2 aromatic rings. The third-order valence-corrected chi connectivity index (χ3v) is 7.24. The van der Waals surface area contributed by atoms with Crippen LogP contribution >= 0.6 is 23.1 Å². The SMILES string of the molecule is C=CCn1c(SCC(=O)N[C@@H](C)CCCCC)nc2sc3c(c2c1=O)CCC3. The molecule has 2 aromatic heterocycles. The van der Waals surface area contributed by atoms with Gasteiger partial charge < -0.3 is 5.32 Å². The highest BCUT2D eigenvalue weighted by Gasteiger charge is 2.23. The zero-order chi connectivity index (χ0) is 20.1. The number of hydrogen-bond acceptors (Lipinski definition) is 5. The van der Waals surface area contributed by atoms with E-state index in [-0.39, 0.29) is 23.3 Å². The Morgan fingerprint density at radius 3 is 3.00 bits per heavy atom. The van der Waals surface area contributed by atoms with Gasteiger partial charge in [-0.1, -0.05) is 44.0 Å². The number of allylic oxidation sites excluding steroid dienone is 1. The molecule has 0 fully saturated rings. The van der Waals surface area contributed by atoms with Crippen LogP contribution in [0, 0.1) is 0 Å². The Bertz CT molecular complexity index is 916. The van der Waals surface area contributed by atoms with E-state index >= 15 is 0 Å². The second-order valence-electron chi connectivity index (χ2n) is 7.39. The van der Waals surface area contributed by atoms with Crippen LogP contribution in [-0.4, -0.2) is 27.3 Å². The fraction of sp³-hybridized carbons (Fsp3) is 0.571. The highest BCUT2D eigenvalue weighted by molar-refractivity contribution is 7.99. The fourth-order valence-corrected chi connectivity index (χ4v) is 5.80. The summed E-state index contributed by atoms with van der Waals surface area (Å²) < 4.78 is 1.66. The molecule has 0 unspecified atom stereocenters. The largest absolute Gasteiger partial charge is 0.353 e. The lowest BCUT2D eigenvalue weighted by Crippen LogP contribution is -2.34. The van der Waals surface area contributed by atoms with Gasteiger partial charge in [-0.25, -0.2) is 4.98 Å². The Balaban J connectivity index is 1.73. The summed E-state index contributed by atoms with van der Waals surface area (Å²) in [5.41, 5.74) is 1.19. The highest BCUT2D eigenvalue weighted by Crippen LogP contribution is 2.35. The van der Waals surface area contributed by atoms with Crippen LogP contribution in [0.2, 0.25) is 0 Å². The van der Waals surface area contributed by atoms with Gasteiger partial charge >= 0.3 is 0 Å². The van der Waals surface area contributed by atoms with Crippen LogP contribution in [0.3, 0.4) is 0 Å². The number of fused-ring (bicyclic) bond motifs is 3. The number of carbonyl (C=O) groups excluding carboxylic acids is 1. The summed E-state index contributed by atoms with van der Waals surface area (Å²) in [6.45, 7) is 8.40. The summed E-state index contributed by atoms with van der Waals surface area (Å²) in [5, 5.41) is 4.43. The first-order valence-corrected chi connectivity index (χ1v) is 11.9. The first kappa shape index (κ1) is 21.1. The van der Waals surface area contributed by atoms with Crippen LogP contribution in [0.1, 0.15) is 56.4 Å². The minimum Gasteiger partial charge on any atom is -0.353 e. The summed E-state index contributed by atoms with van der Waals surface area (Å²) in [6, 6.07) is 0.172. The molecule has 0 radical (unpaired) electrons. The predicted octanol–water partition coefficient (Wildman–Crippen LogP) is 4.31. The maximum Gasteiger partial charge on any atom is 0.263 e. The lowest BCUT2D eigenvalue weighted by Gasteiger charge is -2.14. The molecule has 0 bridgehead atoms. The van der Waals surface area contributed by atoms with Crippen LogP contribution in [-0.2, 0) is 24.2 Å². The first-order chi connectivity index (χ1) is 13.5. The van der Waals surface area contributed by atoms with Crippen molar-refractivity contribution in [3.05, 3.63) is 33.4 Å². The van der Waals surface area contributed by atoms with Gasteiger partial charge in [-0.3, -0.25) is 14.2 Å². The number of nitrogens with zero attached hydrogens (tertiary/aromatic N) is 2. The maximum absolute atomic E-state index is 13.1. The topological polar surface area (TPSA) is 64.0 Å². The van der Waals surface area contributed by atoms with E-state index in [2.05, 4.69) is 18.8 Å². The molecule has 7 heteroatoms. The Kier molecular flexibility index (Phi) is 7.35. The van der Waals surface area contributed by atoms with Gasteiger partial charge in [0.15, 0.2) is 5.16 Å². The summed E-state index contributed by atoms with van der Waals surface area (Å²) in [7, 11) is 0. The molecule has 1 N–H and O–H groups in total. The van der Waals surface area contributed by atoms with Crippen molar-refractivity contribution in [3.63, 3.8) is 0 Å². The molecule has 0 saturated carbocycles. The molecule has 152 valence electrons. The van der Waals surface area contributed by atoms with Crippen LogP contribution in [0.15, 0.2) is 22.6 Å². The average Bonchev–Trinajstić information content (AvgIpc) is 3.23. The minimum absolute atomic E-state index is 0.000131. The van der Waals surface area contributed by atoms with Crippen molar-refractivity contribution in [3.8, 4) is 0 Å². The molecule has 2 heterocycles. The second kappa shape index (κ2) is 9.74. The number of thioether (sulfide) groups is 1. The van der Waals surface area contributed by atoms with Gasteiger partial charge in [0.1, 0.15) is 4.83 Å². The van der Waals surface area contributed by atoms with Crippen LogP contribution < -0.4 is 10.9 Å². The number of thiophene rings is 1. The Labute approximate surface area is 174 Å². The molecule has 1 aliphatic rings. The monoisotopic (exact) mass is 419 g/mol. The van der Waals surface area contributed by atoms with Gasteiger partial charge in [0.25, 0.3) is 5.56 Å². The number of nitrogens with one attached hydrogen (secondary N) is 1. The lowest BCUT2D eigenvalue weighted by atomic mass is 10.1. The van der Waals surface area contributed by atoms with E-state index in [0.29, 0.717) is 11.7 Å². The molecule has 1 atom stereocenters. The van der Waals surface area contributed by atoms with E-state index in [4.69, 9.17) is 4.98 Å². The van der Waals surface area contributed by atoms with Gasteiger partial charge in [0.2, 0.25) is 5.91 Å². The van der Waals surface area contributed by atoms with E-state index < -0.39 is 0 Å². The normalized spacial score (nSPS) is 14.2. The molecule has 0 saturated heterocycles. The minimum atomic E-state index is -0.0119. The van der Waals surface area contributed by atoms with E-state index in [1.165, 1.54) is 35.0 Å². The molecular weight excluding hydrogens is 390 g/mol. The fourth-order valence-electron chi connectivity index (χ4n) is 3.68. The molecular formula is C21H29N3O2S2. The smallest absolute Gasteiger partial charge is 0.263 e. The van der Waals surface area contributed by atoms with E-state index in [1.807, 2.05) is 6.92 Å². The van der Waals surface area contributed by atoms with Crippen LogP contribution in [0.25, 0.3) is 10.2 Å². The van der Waals surface area contributed by atoms with Crippen molar-refractivity contribution < 1.29 is 4.79 Å². The number of aryl methyl sites for hydroxylation is 2. The number of aromatic nitrogens is 2. The Morgan fingerprint density at radius 2 is 2.25 bits per heavy atom. The predicted molar refractivity (Wildman–Crippen MR) is 119 cm³/mol. The zero-order valence-corrected chi connectivity index (χ0v) is 18.4. The van der Waals surface area contributed by atoms with Crippen molar-refractivity contribution >= 4 is 39.2 Å². The van der Waals surface area contributed by atoms with Gasteiger partial charge in [-0.15, -0.1) is 17.9 Å². The molecule has 0 spiro atoms. The number of amides is 1. The van der Waals surface area contributed by atoms with Crippen molar-refractivity contribution in [1.82, 2.24) is 14.9 Å². The number of unbranched alkanes of at least 4 members (excludes halogenated alkanes) is 2. The summed E-state index contributed by atoms with van der Waals surface area (Å²) in [6.07, 6.45) is 9.33. The van der Waals surface area contributed by atoms with Gasteiger partial charge in [-0.2, -0.15) is 0 Å². The van der Waals surface area contributed by atoms with Gasteiger partial charge in [0.05, 0.1) is 11.1 Å². The Hall–Kier alpha value is -1.60. The average molecular weight is 420 g/mol. The molecule has 5 nitrogen and oxygen atoms in total. The van der Waals surface area contributed by atoms with E-state index in [0.717, 1.165) is 42.3 Å². The summed E-state index contributed by atoms with van der Waals surface area (Å²) in [4.78, 5) is 32.3. The van der Waals surface area contributed by atoms with Gasteiger partial charge in [0, 0.05) is 17.5 Å². The molecule has 3 rings (SSSR count). The molecule has 0 aliphatic heterocycles. The zero-order valence-electron chi connectivity index (χ0n) is 16.8. The first-order valence-electron chi connectivity index (χ1n) is 10.1. The third-order valence-electron chi connectivity index (χ3n) is 5.08. The van der Waals surface area contributed by atoms with Crippen molar-refractivity contribution in [1.29, 1.82) is 0 Å². The number of hydrogen-bond donors (Lipinski definition) is 1. The quantitative estimate of drug-likeness (QED) is 0.270. The third kappa shape index (κ3) is 4.69.